The molecule has 1 aromatic heterocycles. The van der Waals surface area contributed by atoms with E-state index in [9.17, 15) is 4.79 Å². The standard InChI is InChI=1S/C15H23N3OS/c1-10(17(3)12-6-7-12)9-18-14(13-5-4-8-20-13)16-11(2)15(18)19/h4-5,8,10-12,14,16H,6-7,9H2,1-3H3. The third-order valence-corrected chi connectivity index (χ3v) is 5.39. The Morgan fingerprint density at radius 3 is 2.90 bits per heavy atom. The third-order valence-electron chi connectivity index (χ3n) is 4.46. The zero-order valence-corrected chi connectivity index (χ0v) is 13.2. The van der Waals surface area contributed by atoms with E-state index >= 15 is 0 Å². The molecule has 0 spiro atoms. The summed E-state index contributed by atoms with van der Waals surface area (Å²) in [7, 11) is 2.18. The minimum Gasteiger partial charge on any atom is -0.319 e. The molecule has 0 bridgehead atoms. The lowest BCUT2D eigenvalue weighted by Crippen LogP contribution is -2.43. The highest BCUT2D eigenvalue weighted by molar-refractivity contribution is 7.10. The summed E-state index contributed by atoms with van der Waals surface area (Å²) in [6, 6.07) is 5.21. The number of nitrogens with zero attached hydrogens (tertiary/aromatic N) is 2. The Labute approximate surface area is 124 Å². The number of hydrogen-bond acceptors (Lipinski definition) is 4. The van der Waals surface area contributed by atoms with Crippen LogP contribution in [0.3, 0.4) is 0 Å². The molecular formula is C15H23N3OS. The van der Waals surface area contributed by atoms with Gasteiger partial charge in [0.15, 0.2) is 0 Å². The molecule has 2 fully saturated rings. The van der Waals surface area contributed by atoms with E-state index in [1.54, 1.807) is 11.3 Å². The molecular weight excluding hydrogens is 270 g/mol. The first-order valence-electron chi connectivity index (χ1n) is 7.40. The lowest BCUT2D eigenvalue weighted by atomic mass is 10.2. The van der Waals surface area contributed by atoms with Crippen molar-refractivity contribution in [2.45, 2.75) is 51.0 Å². The minimum absolute atomic E-state index is 0.0487. The van der Waals surface area contributed by atoms with E-state index < -0.39 is 0 Å². The van der Waals surface area contributed by atoms with Crippen molar-refractivity contribution in [3.8, 4) is 0 Å². The van der Waals surface area contributed by atoms with Crippen molar-refractivity contribution >= 4 is 17.2 Å². The summed E-state index contributed by atoms with van der Waals surface area (Å²) in [5.41, 5.74) is 0. The molecule has 110 valence electrons. The van der Waals surface area contributed by atoms with Gasteiger partial charge in [-0.3, -0.25) is 15.0 Å². The number of carbonyl (C=O) groups is 1. The Morgan fingerprint density at radius 2 is 2.30 bits per heavy atom. The van der Waals surface area contributed by atoms with E-state index in [1.165, 1.54) is 17.7 Å². The second-order valence-corrected chi connectivity index (χ2v) is 7.02. The molecule has 1 saturated carbocycles. The summed E-state index contributed by atoms with van der Waals surface area (Å²) >= 11 is 1.71. The number of hydrogen-bond donors (Lipinski definition) is 1. The van der Waals surface area contributed by atoms with Crippen LogP contribution < -0.4 is 5.32 Å². The van der Waals surface area contributed by atoms with Crippen molar-refractivity contribution in [2.24, 2.45) is 0 Å². The topological polar surface area (TPSA) is 35.6 Å². The van der Waals surface area contributed by atoms with Crippen molar-refractivity contribution in [1.29, 1.82) is 0 Å². The summed E-state index contributed by atoms with van der Waals surface area (Å²) in [6.07, 6.45) is 2.66. The second kappa shape index (κ2) is 5.47. The highest BCUT2D eigenvalue weighted by Crippen LogP contribution is 2.31. The molecule has 0 aromatic carbocycles. The van der Waals surface area contributed by atoms with Crippen LogP contribution in [-0.4, -0.2) is 47.4 Å². The lowest BCUT2D eigenvalue weighted by Gasteiger charge is -2.31. The molecule has 1 aromatic rings. The van der Waals surface area contributed by atoms with Gasteiger partial charge >= 0.3 is 0 Å². The molecule has 1 amide bonds. The van der Waals surface area contributed by atoms with Gasteiger partial charge in [0.25, 0.3) is 0 Å². The zero-order valence-electron chi connectivity index (χ0n) is 12.4. The van der Waals surface area contributed by atoms with Gasteiger partial charge < -0.3 is 4.90 Å². The van der Waals surface area contributed by atoms with Gasteiger partial charge in [-0.1, -0.05) is 6.07 Å². The fourth-order valence-corrected chi connectivity index (χ4v) is 3.70. The fourth-order valence-electron chi connectivity index (χ4n) is 2.91. The number of likely N-dealkylation sites (N-methyl/N-ethyl adjacent to an activating group) is 1. The molecule has 4 nitrogen and oxygen atoms in total. The molecule has 5 heteroatoms. The van der Waals surface area contributed by atoms with Crippen LogP contribution in [-0.2, 0) is 4.79 Å². The highest BCUT2D eigenvalue weighted by atomic mass is 32.1. The Hall–Kier alpha value is -0.910. The summed E-state index contributed by atoms with van der Waals surface area (Å²) in [5.74, 6) is 0.222. The average molecular weight is 293 g/mol. The Balaban J connectivity index is 1.72. The smallest absolute Gasteiger partial charge is 0.241 e. The van der Waals surface area contributed by atoms with Crippen molar-refractivity contribution in [1.82, 2.24) is 15.1 Å². The SMILES string of the molecule is CC1NC(c2cccs2)N(CC(C)N(C)C2CC2)C1=O. The maximum atomic E-state index is 12.4. The lowest BCUT2D eigenvalue weighted by molar-refractivity contribution is -0.130. The van der Waals surface area contributed by atoms with Crippen LogP contribution in [0.25, 0.3) is 0 Å². The van der Waals surface area contributed by atoms with Crippen LogP contribution in [0.1, 0.15) is 37.7 Å². The minimum atomic E-state index is -0.0828. The van der Waals surface area contributed by atoms with E-state index in [2.05, 4.69) is 35.6 Å². The monoisotopic (exact) mass is 293 g/mol. The van der Waals surface area contributed by atoms with Crippen molar-refractivity contribution in [3.63, 3.8) is 0 Å². The molecule has 1 aliphatic carbocycles. The average Bonchev–Trinajstić information content (AvgIpc) is 3.08. The number of thiophene rings is 1. The van der Waals surface area contributed by atoms with Crippen LogP contribution in [0.4, 0.5) is 0 Å². The summed E-state index contributed by atoms with van der Waals surface area (Å²) < 4.78 is 0. The Bertz CT molecular complexity index is 471. The first-order valence-corrected chi connectivity index (χ1v) is 8.27. The molecule has 1 aliphatic heterocycles. The first-order chi connectivity index (χ1) is 9.58. The van der Waals surface area contributed by atoms with Crippen molar-refractivity contribution in [3.05, 3.63) is 22.4 Å². The van der Waals surface area contributed by atoms with E-state index in [1.807, 2.05) is 17.9 Å². The summed E-state index contributed by atoms with van der Waals surface area (Å²) in [4.78, 5) is 18.1. The number of rotatable bonds is 5. The molecule has 1 saturated heterocycles. The normalized spacial score (nSPS) is 28.4. The Kier molecular flexibility index (Phi) is 3.84. The fraction of sp³-hybridized carbons (Fsp3) is 0.667. The number of amides is 1. The predicted molar refractivity (Wildman–Crippen MR) is 81.6 cm³/mol. The van der Waals surface area contributed by atoms with Crippen LogP contribution >= 0.6 is 11.3 Å². The maximum absolute atomic E-state index is 12.4. The van der Waals surface area contributed by atoms with Gasteiger partial charge in [0.05, 0.1) is 6.04 Å². The molecule has 2 aliphatic rings. The van der Waals surface area contributed by atoms with Gasteiger partial charge in [-0.25, -0.2) is 0 Å². The largest absolute Gasteiger partial charge is 0.319 e. The number of nitrogens with one attached hydrogen (secondary N) is 1. The third kappa shape index (κ3) is 2.62. The molecule has 2 heterocycles. The van der Waals surface area contributed by atoms with Gasteiger partial charge in [0.2, 0.25) is 5.91 Å². The zero-order chi connectivity index (χ0) is 14.3. The van der Waals surface area contributed by atoms with E-state index in [0.717, 1.165) is 12.6 Å². The predicted octanol–water partition coefficient (Wildman–Crippen LogP) is 2.05. The molecule has 3 unspecified atom stereocenters. The molecule has 0 radical (unpaired) electrons. The molecule has 20 heavy (non-hydrogen) atoms. The summed E-state index contributed by atoms with van der Waals surface area (Å²) in [5, 5.41) is 5.49. The van der Waals surface area contributed by atoms with Crippen LogP contribution in [0.2, 0.25) is 0 Å². The quantitative estimate of drug-likeness (QED) is 0.902. The molecule has 3 atom stereocenters. The second-order valence-electron chi connectivity index (χ2n) is 6.04. The van der Waals surface area contributed by atoms with Crippen LogP contribution in [0, 0.1) is 0 Å². The van der Waals surface area contributed by atoms with Gasteiger partial charge in [-0.2, -0.15) is 0 Å². The molecule has 3 rings (SSSR count). The highest BCUT2D eigenvalue weighted by Gasteiger charge is 2.39. The van der Waals surface area contributed by atoms with Crippen molar-refractivity contribution in [2.75, 3.05) is 13.6 Å². The van der Waals surface area contributed by atoms with Crippen molar-refractivity contribution < 1.29 is 4.79 Å². The van der Waals surface area contributed by atoms with E-state index in [-0.39, 0.29) is 18.1 Å². The van der Waals surface area contributed by atoms with E-state index in [4.69, 9.17) is 0 Å². The number of carbonyl (C=O) groups excluding carboxylic acids is 1. The Morgan fingerprint density at radius 1 is 1.55 bits per heavy atom. The van der Waals surface area contributed by atoms with Crippen LogP contribution in [0.5, 0.6) is 0 Å². The van der Waals surface area contributed by atoms with Gasteiger partial charge in [0.1, 0.15) is 6.17 Å². The first kappa shape index (κ1) is 14.0. The molecule has 1 N–H and O–H groups in total. The van der Waals surface area contributed by atoms with Gasteiger partial charge in [-0.15, -0.1) is 11.3 Å². The van der Waals surface area contributed by atoms with Crippen LogP contribution in [0.15, 0.2) is 17.5 Å². The van der Waals surface area contributed by atoms with E-state index in [0.29, 0.717) is 6.04 Å². The van der Waals surface area contributed by atoms with Gasteiger partial charge in [0, 0.05) is 23.5 Å². The summed E-state index contributed by atoms with van der Waals surface area (Å²) in [6.45, 7) is 4.98. The maximum Gasteiger partial charge on any atom is 0.241 e. The van der Waals surface area contributed by atoms with Gasteiger partial charge in [-0.05, 0) is 45.2 Å².